The Morgan fingerprint density at radius 1 is 1.14 bits per heavy atom. The van der Waals surface area contributed by atoms with E-state index in [2.05, 4.69) is 20.3 Å². The molecule has 0 aliphatic heterocycles. The molecule has 2 aromatic heterocycles. The van der Waals surface area contributed by atoms with Gasteiger partial charge in [0.25, 0.3) is 11.8 Å². The number of carbonyl (C=O) groups is 2. The molecule has 0 atom stereocenters. The minimum atomic E-state index is -0.833. The SMILES string of the molecule is NC(=O)c1c(C(=O)Nc2cc(Cl)ccc2Cl)ncn1-c1nc2ccccc2[nH]1. The van der Waals surface area contributed by atoms with Gasteiger partial charge in [-0.1, -0.05) is 35.3 Å². The van der Waals surface area contributed by atoms with Crippen molar-refractivity contribution >= 4 is 51.7 Å². The molecule has 0 unspecified atom stereocenters. The van der Waals surface area contributed by atoms with Crippen molar-refractivity contribution < 1.29 is 9.59 Å². The summed E-state index contributed by atoms with van der Waals surface area (Å²) in [6, 6.07) is 11.9. The lowest BCUT2D eigenvalue weighted by Gasteiger charge is -2.08. The summed E-state index contributed by atoms with van der Waals surface area (Å²) < 4.78 is 1.33. The minimum Gasteiger partial charge on any atom is -0.364 e. The molecule has 0 radical (unpaired) electrons. The van der Waals surface area contributed by atoms with E-state index >= 15 is 0 Å². The highest BCUT2D eigenvalue weighted by Crippen LogP contribution is 2.26. The predicted molar refractivity (Wildman–Crippen MR) is 106 cm³/mol. The third-order valence-corrected chi connectivity index (χ3v) is 4.56. The number of para-hydroxylation sites is 2. The van der Waals surface area contributed by atoms with Crippen LogP contribution in [0.5, 0.6) is 0 Å². The van der Waals surface area contributed by atoms with Crippen molar-refractivity contribution in [2.45, 2.75) is 0 Å². The van der Waals surface area contributed by atoms with Crippen LogP contribution in [0.15, 0.2) is 48.8 Å². The number of nitrogens with zero attached hydrogens (tertiary/aromatic N) is 3. The molecular weight excluding hydrogens is 403 g/mol. The van der Waals surface area contributed by atoms with E-state index in [0.29, 0.717) is 16.5 Å². The molecule has 0 aliphatic rings. The quantitative estimate of drug-likeness (QED) is 0.473. The number of anilines is 1. The summed E-state index contributed by atoms with van der Waals surface area (Å²) in [6.45, 7) is 0. The number of carbonyl (C=O) groups excluding carboxylic acids is 2. The molecule has 0 saturated heterocycles. The van der Waals surface area contributed by atoms with Crippen molar-refractivity contribution in [2.24, 2.45) is 5.73 Å². The van der Waals surface area contributed by atoms with Gasteiger partial charge in [0.1, 0.15) is 12.0 Å². The fraction of sp³-hybridized carbons (Fsp3) is 0. The lowest BCUT2D eigenvalue weighted by molar-refractivity contribution is 0.0970. The second kappa shape index (κ2) is 6.99. The number of nitrogens with one attached hydrogen (secondary N) is 2. The zero-order chi connectivity index (χ0) is 19.8. The van der Waals surface area contributed by atoms with Gasteiger partial charge in [-0.15, -0.1) is 0 Å². The van der Waals surface area contributed by atoms with Gasteiger partial charge in [0.05, 0.1) is 21.7 Å². The summed E-state index contributed by atoms with van der Waals surface area (Å²) in [7, 11) is 0. The van der Waals surface area contributed by atoms with E-state index in [1.165, 1.54) is 17.0 Å². The van der Waals surface area contributed by atoms with E-state index in [9.17, 15) is 9.59 Å². The van der Waals surface area contributed by atoms with Gasteiger partial charge in [-0.25, -0.2) is 9.97 Å². The number of aromatic amines is 1. The highest BCUT2D eigenvalue weighted by Gasteiger charge is 2.24. The molecule has 0 bridgehead atoms. The fourth-order valence-corrected chi connectivity index (χ4v) is 3.08. The Morgan fingerprint density at radius 3 is 2.68 bits per heavy atom. The average Bonchev–Trinajstić information content (AvgIpc) is 3.28. The Morgan fingerprint density at radius 2 is 1.93 bits per heavy atom. The number of primary amides is 1. The summed E-state index contributed by atoms with van der Waals surface area (Å²) >= 11 is 12.0. The minimum absolute atomic E-state index is 0.116. The largest absolute Gasteiger partial charge is 0.364 e. The molecular formula is C18H12Cl2N6O2. The highest BCUT2D eigenvalue weighted by atomic mass is 35.5. The molecule has 4 N–H and O–H groups in total. The van der Waals surface area contributed by atoms with Crippen LogP contribution in [0.3, 0.4) is 0 Å². The molecule has 140 valence electrons. The molecule has 0 saturated carbocycles. The third-order valence-electron chi connectivity index (χ3n) is 4.00. The first-order chi connectivity index (χ1) is 13.4. The van der Waals surface area contributed by atoms with Crippen molar-refractivity contribution in [2.75, 3.05) is 5.32 Å². The number of hydrogen-bond donors (Lipinski definition) is 3. The van der Waals surface area contributed by atoms with Gasteiger partial charge in [-0.3, -0.25) is 14.2 Å². The molecule has 0 fully saturated rings. The third kappa shape index (κ3) is 3.19. The zero-order valence-electron chi connectivity index (χ0n) is 14.1. The molecule has 4 rings (SSSR count). The maximum absolute atomic E-state index is 12.7. The van der Waals surface area contributed by atoms with Crippen molar-refractivity contribution in [3.63, 3.8) is 0 Å². The highest BCUT2D eigenvalue weighted by molar-refractivity contribution is 6.36. The van der Waals surface area contributed by atoms with Gasteiger partial charge < -0.3 is 16.0 Å². The Hall–Kier alpha value is -3.36. The fourth-order valence-electron chi connectivity index (χ4n) is 2.74. The molecule has 2 amide bonds. The summed E-state index contributed by atoms with van der Waals surface area (Å²) in [5.74, 6) is -1.18. The molecule has 28 heavy (non-hydrogen) atoms. The van der Waals surface area contributed by atoms with E-state index in [-0.39, 0.29) is 22.1 Å². The van der Waals surface area contributed by atoms with Crippen molar-refractivity contribution in [3.8, 4) is 5.95 Å². The van der Waals surface area contributed by atoms with Crippen LogP contribution in [0.25, 0.3) is 17.0 Å². The van der Waals surface area contributed by atoms with Crippen LogP contribution in [0.2, 0.25) is 10.0 Å². The number of nitrogens with two attached hydrogens (primary N) is 1. The van der Waals surface area contributed by atoms with Gasteiger partial charge in [0, 0.05) is 5.02 Å². The number of imidazole rings is 2. The average molecular weight is 415 g/mol. The number of amides is 2. The molecule has 0 aliphatic carbocycles. The standard InChI is InChI=1S/C18H12Cl2N6O2/c19-9-5-6-10(20)13(7-9)23-17(28)14-15(16(21)27)26(8-22-14)18-24-11-3-1-2-4-12(11)25-18/h1-8H,(H2,21,27)(H,23,28)(H,24,25). The summed E-state index contributed by atoms with van der Waals surface area (Å²) in [5.41, 5.74) is 6.97. The predicted octanol–water partition coefficient (Wildman–Crippen LogP) is 3.41. The Balaban J connectivity index is 1.75. The number of H-pyrrole nitrogens is 1. The lowest BCUT2D eigenvalue weighted by Crippen LogP contribution is -2.23. The Kier molecular flexibility index (Phi) is 4.50. The van der Waals surface area contributed by atoms with Crippen LogP contribution in [0, 0.1) is 0 Å². The molecule has 2 heterocycles. The van der Waals surface area contributed by atoms with E-state index in [1.54, 1.807) is 12.1 Å². The van der Waals surface area contributed by atoms with Crippen molar-refractivity contribution in [1.82, 2.24) is 19.5 Å². The van der Waals surface area contributed by atoms with E-state index in [0.717, 1.165) is 5.52 Å². The number of aromatic nitrogens is 4. The Bertz CT molecular complexity index is 1200. The van der Waals surface area contributed by atoms with Gasteiger partial charge in [0.15, 0.2) is 5.69 Å². The zero-order valence-corrected chi connectivity index (χ0v) is 15.6. The van der Waals surface area contributed by atoms with Crippen LogP contribution in [0.4, 0.5) is 5.69 Å². The maximum atomic E-state index is 12.7. The molecule has 10 heteroatoms. The molecule has 0 spiro atoms. The second-order valence-electron chi connectivity index (χ2n) is 5.83. The van der Waals surface area contributed by atoms with E-state index < -0.39 is 11.8 Å². The van der Waals surface area contributed by atoms with Gasteiger partial charge in [-0.05, 0) is 30.3 Å². The van der Waals surface area contributed by atoms with Crippen LogP contribution >= 0.6 is 23.2 Å². The maximum Gasteiger partial charge on any atom is 0.276 e. The monoisotopic (exact) mass is 414 g/mol. The second-order valence-corrected chi connectivity index (χ2v) is 6.68. The van der Waals surface area contributed by atoms with E-state index in [4.69, 9.17) is 28.9 Å². The number of rotatable bonds is 4. The number of benzene rings is 2. The van der Waals surface area contributed by atoms with Crippen LogP contribution in [0.1, 0.15) is 21.0 Å². The van der Waals surface area contributed by atoms with Gasteiger partial charge in [-0.2, -0.15) is 0 Å². The number of hydrogen-bond acceptors (Lipinski definition) is 4. The first-order valence-electron chi connectivity index (χ1n) is 8.02. The molecule has 8 nitrogen and oxygen atoms in total. The van der Waals surface area contributed by atoms with Crippen LogP contribution in [-0.4, -0.2) is 31.3 Å². The summed E-state index contributed by atoms with van der Waals surface area (Å²) in [5, 5.41) is 3.26. The smallest absolute Gasteiger partial charge is 0.276 e. The molecule has 4 aromatic rings. The first-order valence-corrected chi connectivity index (χ1v) is 8.78. The Labute approximate surface area is 168 Å². The van der Waals surface area contributed by atoms with Crippen molar-refractivity contribution in [1.29, 1.82) is 0 Å². The first kappa shape index (κ1) is 18.0. The van der Waals surface area contributed by atoms with Crippen molar-refractivity contribution in [3.05, 3.63) is 70.2 Å². The van der Waals surface area contributed by atoms with Gasteiger partial charge >= 0.3 is 0 Å². The lowest BCUT2D eigenvalue weighted by atomic mass is 10.2. The summed E-state index contributed by atoms with van der Waals surface area (Å²) in [4.78, 5) is 36.3. The van der Waals surface area contributed by atoms with Crippen LogP contribution in [-0.2, 0) is 0 Å². The van der Waals surface area contributed by atoms with Crippen LogP contribution < -0.4 is 11.1 Å². The van der Waals surface area contributed by atoms with E-state index in [1.807, 2.05) is 24.3 Å². The normalized spacial score (nSPS) is 10.9. The molecule has 2 aromatic carbocycles. The number of fused-ring (bicyclic) bond motifs is 1. The summed E-state index contributed by atoms with van der Waals surface area (Å²) in [6.07, 6.45) is 1.30. The topological polar surface area (TPSA) is 119 Å². The number of halogens is 2. The van der Waals surface area contributed by atoms with Gasteiger partial charge in [0.2, 0.25) is 5.95 Å².